The molecule has 0 saturated heterocycles. The van der Waals surface area contributed by atoms with Crippen molar-refractivity contribution < 1.29 is 0 Å². The zero-order chi connectivity index (χ0) is 12.3. The van der Waals surface area contributed by atoms with Crippen molar-refractivity contribution in [2.75, 3.05) is 0 Å². The van der Waals surface area contributed by atoms with Gasteiger partial charge >= 0.3 is 0 Å². The molecule has 90 valence electrons. The maximum absolute atomic E-state index is 6.10. The summed E-state index contributed by atoms with van der Waals surface area (Å²) in [6.07, 6.45) is 3.38. The molecule has 0 fully saturated rings. The Morgan fingerprint density at radius 1 is 1.41 bits per heavy atom. The minimum atomic E-state index is 0.524. The first-order valence-corrected chi connectivity index (χ1v) is 7.15. The van der Waals surface area contributed by atoms with E-state index in [1.807, 2.05) is 6.92 Å². The van der Waals surface area contributed by atoms with E-state index in [0.29, 0.717) is 5.15 Å². The molecule has 0 aromatic carbocycles. The third-order valence-corrected chi connectivity index (χ3v) is 4.26. The van der Waals surface area contributed by atoms with Crippen molar-refractivity contribution in [3.05, 3.63) is 22.9 Å². The maximum atomic E-state index is 6.10. The number of halogens is 1. The van der Waals surface area contributed by atoms with Gasteiger partial charge in [-0.1, -0.05) is 18.5 Å². The molecule has 0 atom stereocenters. The van der Waals surface area contributed by atoms with Gasteiger partial charge in [-0.25, -0.2) is 15.0 Å². The Hall–Kier alpha value is -0.720. The van der Waals surface area contributed by atoms with Crippen LogP contribution in [0.15, 0.2) is 15.7 Å². The van der Waals surface area contributed by atoms with Gasteiger partial charge in [0.15, 0.2) is 4.34 Å². The van der Waals surface area contributed by atoms with E-state index in [9.17, 15) is 0 Å². The van der Waals surface area contributed by atoms with Crippen LogP contribution in [-0.2, 0) is 6.42 Å². The molecule has 2 aromatic heterocycles. The Morgan fingerprint density at radius 2 is 2.24 bits per heavy atom. The molecule has 2 heterocycles. The molecule has 0 aliphatic carbocycles. The Kier molecular flexibility index (Phi) is 4.31. The van der Waals surface area contributed by atoms with Gasteiger partial charge in [0.1, 0.15) is 22.3 Å². The van der Waals surface area contributed by atoms with Crippen LogP contribution in [0.4, 0.5) is 0 Å². The van der Waals surface area contributed by atoms with E-state index in [0.717, 1.165) is 33.6 Å². The first-order chi connectivity index (χ1) is 8.20. The Labute approximate surface area is 113 Å². The lowest BCUT2D eigenvalue weighted by molar-refractivity contribution is 0.801. The van der Waals surface area contributed by atoms with Crippen LogP contribution in [0.5, 0.6) is 0 Å². The van der Waals surface area contributed by atoms with E-state index in [2.05, 4.69) is 26.2 Å². The van der Waals surface area contributed by atoms with Crippen LogP contribution in [0.1, 0.15) is 24.7 Å². The van der Waals surface area contributed by atoms with Gasteiger partial charge in [-0.05, 0) is 36.6 Å². The molecule has 0 amide bonds. The van der Waals surface area contributed by atoms with Crippen LogP contribution in [0.25, 0.3) is 0 Å². The minimum Gasteiger partial charge on any atom is -0.226 e. The average molecular weight is 287 g/mol. The molecule has 0 radical (unpaired) electrons. The van der Waals surface area contributed by atoms with Crippen LogP contribution >= 0.6 is 34.9 Å². The van der Waals surface area contributed by atoms with Crippen molar-refractivity contribution in [3.8, 4) is 0 Å². The van der Waals surface area contributed by atoms with Gasteiger partial charge in [0, 0.05) is 12.0 Å². The molecular weight excluding hydrogens is 276 g/mol. The van der Waals surface area contributed by atoms with Crippen LogP contribution in [0.3, 0.4) is 0 Å². The van der Waals surface area contributed by atoms with Gasteiger partial charge in [0.25, 0.3) is 0 Å². The number of rotatable bonds is 4. The van der Waals surface area contributed by atoms with Gasteiger partial charge in [-0.2, -0.15) is 4.37 Å². The number of hydrogen-bond acceptors (Lipinski definition) is 6. The van der Waals surface area contributed by atoms with Crippen LogP contribution in [0, 0.1) is 6.92 Å². The van der Waals surface area contributed by atoms with E-state index in [4.69, 9.17) is 11.6 Å². The number of aromatic nitrogens is 4. The van der Waals surface area contributed by atoms with Crippen molar-refractivity contribution in [2.45, 2.75) is 36.1 Å². The largest absolute Gasteiger partial charge is 0.226 e. The highest BCUT2D eigenvalue weighted by Crippen LogP contribution is 2.31. The van der Waals surface area contributed by atoms with Crippen LogP contribution in [0.2, 0.25) is 5.15 Å². The van der Waals surface area contributed by atoms with Gasteiger partial charge in [-0.15, -0.1) is 0 Å². The smallest absolute Gasteiger partial charge is 0.176 e. The van der Waals surface area contributed by atoms with E-state index in [1.54, 1.807) is 0 Å². The second kappa shape index (κ2) is 5.75. The van der Waals surface area contributed by atoms with Crippen molar-refractivity contribution in [1.82, 2.24) is 19.3 Å². The number of nitrogens with zero attached hydrogens (tertiary/aromatic N) is 4. The standard InChI is InChI=1S/C10H11ClN4S2/c1-3-4-7-14-8(11)6(2)9(15-7)16-10-12-5-13-17-10/h5H,3-4H2,1-2H3. The van der Waals surface area contributed by atoms with E-state index < -0.39 is 0 Å². The normalized spacial score (nSPS) is 10.8. The summed E-state index contributed by atoms with van der Waals surface area (Å²) in [7, 11) is 0. The molecule has 0 saturated carbocycles. The molecule has 0 aliphatic rings. The molecule has 2 aromatic rings. The monoisotopic (exact) mass is 286 g/mol. The average Bonchev–Trinajstić information content (AvgIpc) is 2.78. The Morgan fingerprint density at radius 3 is 2.88 bits per heavy atom. The minimum absolute atomic E-state index is 0.524. The maximum Gasteiger partial charge on any atom is 0.176 e. The first kappa shape index (κ1) is 12.7. The molecule has 0 aliphatic heterocycles. The van der Waals surface area contributed by atoms with E-state index >= 15 is 0 Å². The van der Waals surface area contributed by atoms with E-state index in [-0.39, 0.29) is 0 Å². The van der Waals surface area contributed by atoms with Gasteiger partial charge in [0.2, 0.25) is 0 Å². The summed E-state index contributed by atoms with van der Waals surface area (Å²) in [5, 5.41) is 1.39. The van der Waals surface area contributed by atoms with Crippen molar-refractivity contribution >= 4 is 34.9 Å². The van der Waals surface area contributed by atoms with Crippen molar-refractivity contribution in [1.29, 1.82) is 0 Å². The summed E-state index contributed by atoms with van der Waals surface area (Å²) in [4.78, 5) is 12.9. The Balaban J connectivity index is 2.31. The second-order valence-electron chi connectivity index (χ2n) is 3.42. The highest BCUT2D eigenvalue weighted by molar-refractivity contribution is 8.00. The molecule has 0 bridgehead atoms. The zero-order valence-electron chi connectivity index (χ0n) is 9.47. The Bertz CT molecular complexity index is 501. The predicted octanol–water partition coefficient (Wildman–Crippen LogP) is 3.39. The summed E-state index contributed by atoms with van der Waals surface area (Å²) in [5.41, 5.74) is 0.895. The molecule has 0 N–H and O–H groups in total. The summed E-state index contributed by atoms with van der Waals surface area (Å²) >= 11 is 8.93. The van der Waals surface area contributed by atoms with Crippen LogP contribution in [-0.4, -0.2) is 19.3 Å². The third kappa shape index (κ3) is 3.14. The summed E-state index contributed by atoms with van der Waals surface area (Å²) < 4.78 is 4.83. The lowest BCUT2D eigenvalue weighted by Crippen LogP contribution is -1.99. The summed E-state index contributed by atoms with van der Waals surface area (Å²) in [5.74, 6) is 0.787. The summed E-state index contributed by atoms with van der Waals surface area (Å²) in [6, 6.07) is 0. The molecule has 7 heteroatoms. The molecular formula is C10H11ClN4S2. The number of aryl methyl sites for hydroxylation is 1. The van der Waals surface area contributed by atoms with Crippen LogP contribution < -0.4 is 0 Å². The summed E-state index contributed by atoms with van der Waals surface area (Å²) in [6.45, 7) is 4.01. The predicted molar refractivity (Wildman–Crippen MR) is 69.8 cm³/mol. The fourth-order valence-electron chi connectivity index (χ4n) is 1.24. The molecule has 0 spiro atoms. The van der Waals surface area contributed by atoms with Gasteiger partial charge < -0.3 is 0 Å². The van der Waals surface area contributed by atoms with E-state index in [1.165, 1.54) is 29.6 Å². The van der Waals surface area contributed by atoms with Crippen molar-refractivity contribution in [2.24, 2.45) is 0 Å². The SMILES string of the molecule is CCCc1nc(Cl)c(C)c(Sc2ncns2)n1. The highest BCUT2D eigenvalue weighted by atomic mass is 35.5. The molecule has 2 rings (SSSR count). The zero-order valence-corrected chi connectivity index (χ0v) is 11.9. The third-order valence-electron chi connectivity index (χ3n) is 2.09. The molecule has 0 unspecified atom stereocenters. The van der Waals surface area contributed by atoms with Crippen molar-refractivity contribution in [3.63, 3.8) is 0 Å². The lowest BCUT2D eigenvalue weighted by atomic mass is 10.3. The molecule has 17 heavy (non-hydrogen) atoms. The fourth-order valence-corrected chi connectivity index (χ4v) is 2.94. The second-order valence-corrected chi connectivity index (χ2v) is 5.79. The van der Waals surface area contributed by atoms with Gasteiger partial charge in [0.05, 0.1) is 0 Å². The highest BCUT2D eigenvalue weighted by Gasteiger charge is 2.11. The fraction of sp³-hybridized carbons (Fsp3) is 0.400. The number of hydrogen-bond donors (Lipinski definition) is 0. The topological polar surface area (TPSA) is 51.6 Å². The first-order valence-electron chi connectivity index (χ1n) is 5.18. The quantitative estimate of drug-likeness (QED) is 0.806. The lowest BCUT2D eigenvalue weighted by Gasteiger charge is -2.06. The van der Waals surface area contributed by atoms with Gasteiger partial charge in [-0.3, -0.25) is 0 Å². The molecule has 4 nitrogen and oxygen atoms in total.